The summed E-state index contributed by atoms with van der Waals surface area (Å²) in [5.74, 6) is 0.793. The lowest BCUT2D eigenvalue weighted by Gasteiger charge is -2.04. The molecule has 0 saturated heterocycles. The van der Waals surface area contributed by atoms with E-state index in [1.807, 2.05) is 48.5 Å². The fourth-order valence-corrected chi connectivity index (χ4v) is 2.24. The van der Waals surface area contributed by atoms with Gasteiger partial charge in [0.05, 0.1) is 5.69 Å². The number of fused-ring (bicyclic) bond motifs is 1. The summed E-state index contributed by atoms with van der Waals surface area (Å²) in [6.45, 7) is 0.480. The van der Waals surface area contributed by atoms with E-state index in [9.17, 15) is 0 Å². The molecule has 96 valence electrons. The SMILES string of the molecule is Clc1ccc(OCc2cc3cc(Cl)ccc3[nH]2)cc1. The maximum Gasteiger partial charge on any atom is 0.128 e. The van der Waals surface area contributed by atoms with Crippen LogP contribution in [0, 0.1) is 0 Å². The molecule has 0 unspecified atom stereocenters. The second-order valence-electron chi connectivity index (χ2n) is 4.27. The highest BCUT2D eigenvalue weighted by molar-refractivity contribution is 6.31. The van der Waals surface area contributed by atoms with Gasteiger partial charge < -0.3 is 9.72 Å². The smallest absolute Gasteiger partial charge is 0.128 e. The van der Waals surface area contributed by atoms with Gasteiger partial charge >= 0.3 is 0 Å². The molecular weight excluding hydrogens is 281 g/mol. The molecule has 0 atom stereocenters. The zero-order valence-electron chi connectivity index (χ0n) is 9.99. The van der Waals surface area contributed by atoms with E-state index in [-0.39, 0.29) is 0 Å². The van der Waals surface area contributed by atoms with Gasteiger partial charge in [0.2, 0.25) is 0 Å². The molecule has 3 rings (SSSR count). The number of aromatic nitrogens is 1. The van der Waals surface area contributed by atoms with Crippen molar-refractivity contribution < 1.29 is 4.74 Å². The van der Waals surface area contributed by atoms with Gasteiger partial charge in [-0.25, -0.2) is 0 Å². The normalized spacial score (nSPS) is 10.8. The molecule has 0 amide bonds. The van der Waals surface area contributed by atoms with E-state index < -0.39 is 0 Å². The Kier molecular flexibility index (Phi) is 3.36. The Bertz CT molecular complexity index is 704. The third kappa shape index (κ3) is 2.86. The molecule has 2 nitrogen and oxygen atoms in total. The summed E-state index contributed by atoms with van der Waals surface area (Å²) < 4.78 is 5.68. The van der Waals surface area contributed by atoms with Crippen molar-refractivity contribution in [1.82, 2.24) is 4.98 Å². The van der Waals surface area contributed by atoms with Crippen molar-refractivity contribution in [3.63, 3.8) is 0 Å². The summed E-state index contributed by atoms with van der Waals surface area (Å²) in [5.41, 5.74) is 2.06. The zero-order chi connectivity index (χ0) is 13.2. The minimum Gasteiger partial charge on any atom is -0.487 e. The summed E-state index contributed by atoms with van der Waals surface area (Å²) in [4.78, 5) is 3.29. The van der Waals surface area contributed by atoms with E-state index in [0.717, 1.165) is 27.4 Å². The van der Waals surface area contributed by atoms with Gasteiger partial charge in [-0.15, -0.1) is 0 Å². The number of halogens is 2. The van der Waals surface area contributed by atoms with Crippen LogP contribution in [0.15, 0.2) is 48.5 Å². The molecule has 1 aromatic heterocycles. The van der Waals surface area contributed by atoms with Gasteiger partial charge in [0.1, 0.15) is 12.4 Å². The summed E-state index contributed by atoms with van der Waals surface area (Å²) in [6, 6.07) is 15.1. The predicted octanol–water partition coefficient (Wildman–Crippen LogP) is 5.05. The molecule has 0 fully saturated rings. The van der Waals surface area contributed by atoms with Crippen LogP contribution in [0.4, 0.5) is 0 Å². The molecule has 3 aromatic rings. The minimum absolute atomic E-state index is 0.480. The Hall–Kier alpha value is -1.64. The average molecular weight is 292 g/mol. The minimum atomic E-state index is 0.480. The number of hydrogen-bond donors (Lipinski definition) is 1. The Morgan fingerprint density at radius 2 is 1.63 bits per heavy atom. The van der Waals surface area contributed by atoms with Crippen LogP contribution in [-0.2, 0) is 6.61 Å². The number of aromatic amines is 1. The van der Waals surface area contributed by atoms with Crippen LogP contribution in [0.2, 0.25) is 10.0 Å². The van der Waals surface area contributed by atoms with Crippen molar-refractivity contribution in [3.05, 3.63) is 64.3 Å². The summed E-state index contributed by atoms with van der Waals surface area (Å²) >= 11 is 11.8. The van der Waals surface area contributed by atoms with Crippen molar-refractivity contribution in [1.29, 1.82) is 0 Å². The first-order valence-corrected chi connectivity index (χ1v) is 6.62. The van der Waals surface area contributed by atoms with E-state index in [4.69, 9.17) is 27.9 Å². The fraction of sp³-hybridized carbons (Fsp3) is 0.0667. The molecule has 0 bridgehead atoms. The van der Waals surface area contributed by atoms with E-state index in [1.165, 1.54) is 0 Å². The Labute approximate surface area is 120 Å². The van der Waals surface area contributed by atoms with Crippen LogP contribution in [0.1, 0.15) is 5.69 Å². The highest BCUT2D eigenvalue weighted by atomic mass is 35.5. The Balaban J connectivity index is 1.76. The van der Waals surface area contributed by atoms with Crippen LogP contribution < -0.4 is 4.74 Å². The highest BCUT2D eigenvalue weighted by Crippen LogP contribution is 2.21. The van der Waals surface area contributed by atoms with Crippen LogP contribution in [0.3, 0.4) is 0 Å². The molecule has 0 saturated carbocycles. The number of benzene rings is 2. The first kappa shape index (κ1) is 12.4. The van der Waals surface area contributed by atoms with Crippen molar-refractivity contribution in [3.8, 4) is 5.75 Å². The molecule has 19 heavy (non-hydrogen) atoms. The zero-order valence-corrected chi connectivity index (χ0v) is 11.5. The number of hydrogen-bond acceptors (Lipinski definition) is 1. The molecule has 4 heteroatoms. The number of ether oxygens (including phenoxy) is 1. The molecule has 0 spiro atoms. The fourth-order valence-electron chi connectivity index (χ4n) is 1.93. The number of rotatable bonds is 3. The molecule has 2 aromatic carbocycles. The molecule has 1 heterocycles. The van der Waals surface area contributed by atoms with Gasteiger partial charge in [-0.3, -0.25) is 0 Å². The van der Waals surface area contributed by atoms with Gasteiger partial charge in [0.25, 0.3) is 0 Å². The van der Waals surface area contributed by atoms with Gasteiger partial charge in [0, 0.05) is 20.9 Å². The third-order valence-corrected chi connectivity index (χ3v) is 3.33. The van der Waals surface area contributed by atoms with Gasteiger partial charge in [-0.1, -0.05) is 23.2 Å². The van der Waals surface area contributed by atoms with Crippen molar-refractivity contribution >= 4 is 34.1 Å². The van der Waals surface area contributed by atoms with Gasteiger partial charge in [-0.2, -0.15) is 0 Å². The average Bonchev–Trinajstić information content (AvgIpc) is 2.80. The van der Waals surface area contributed by atoms with Crippen molar-refractivity contribution in [2.75, 3.05) is 0 Å². The molecule has 0 aliphatic rings. The van der Waals surface area contributed by atoms with Crippen LogP contribution in [0.5, 0.6) is 5.75 Å². The maximum atomic E-state index is 5.96. The lowest BCUT2D eigenvalue weighted by Crippen LogP contribution is -1.94. The van der Waals surface area contributed by atoms with E-state index in [0.29, 0.717) is 11.6 Å². The summed E-state index contributed by atoms with van der Waals surface area (Å²) in [7, 11) is 0. The molecule has 0 radical (unpaired) electrons. The largest absolute Gasteiger partial charge is 0.487 e. The Morgan fingerprint density at radius 1 is 0.895 bits per heavy atom. The van der Waals surface area contributed by atoms with Crippen LogP contribution in [0.25, 0.3) is 10.9 Å². The van der Waals surface area contributed by atoms with Crippen LogP contribution >= 0.6 is 23.2 Å². The Morgan fingerprint density at radius 3 is 2.42 bits per heavy atom. The topological polar surface area (TPSA) is 25.0 Å². The molecule has 1 N–H and O–H groups in total. The monoisotopic (exact) mass is 291 g/mol. The second-order valence-corrected chi connectivity index (χ2v) is 5.14. The van der Waals surface area contributed by atoms with Gasteiger partial charge in [-0.05, 0) is 48.5 Å². The standard InChI is InChI=1S/C15H11Cl2NO/c16-11-1-4-14(5-2-11)19-9-13-8-10-7-12(17)3-6-15(10)18-13/h1-8,18H,9H2. The second kappa shape index (κ2) is 5.16. The van der Waals surface area contributed by atoms with Gasteiger partial charge in [0.15, 0.2) is 0 Å². The van der Waals surface area contributed by atoms with Crippen molar-refractivity contribution in [2.45, 2.75) is 6.61 Å². The van der Waals surface area contributed by atoms with Crippen LogP contribution in [-0.4, -0.2) is 4.98 Å². The summed E-state index contributed by atoms with van der Waals surface area (Å²) in [5, 5.41) is 2.52. The first-order chi connectivity index (χ1) is 9.20. The molecule has 0 aliphatic heterocycles. The lowest BCUT2D eigenvalue weighted by molar-refractivity contribution is 0.302. The van der Waals surface area contributed by atoms with E-state index in [2.05, 4.69) is 4.98 Å². The number of nitrogens with one attached hydrogen (secondary N) is 1. The maximum absolute atomic E-state index is 5.96. The quantitative estimate of drug-likeness (QED) is 0.717. The molecule has 0 aliphatic carbocycles. The van der Waals surface area contributed by atoms with E-state index in [1.54, 1.807) is 0 Å². The first-order valence-electron chi connectivity index (χ1n) is 5.86. The number of H-pyrrole nitrogens is 1. The lowest BCUT2D eigenvalue weighted by atomic mass is 10.2. The third-order valence-electron chi connectivity index (χ3n) is 2.85. The van der Waals surface area contributed by atoms with Crippen molar-refractivity contribution in [2.24, 2.45) is 0 Å². The predicted molar refractivity (Wildman–Crippen MR) is 79.1 cm³/mol. The highest BCUT2D eigenvalue weighted by Gasteiger charge is 2.02. The molecular formula is C15H11Cl2NO. The van der Waals surface area contributed by atoms with E-state index >= 15 is 0 Å². The summed E-state index contributed by atoms with van der Waals surface area (Å²) in [6.07, 6.45) is 0.